The number of ketones is 1. The van der Waals surface area contributed by atoms with Gasteiger partial charge in [-0.05, 0) is 42.8 Å². The highest BCUT2D eigenvalue weighted by Crippen LogP contribution is 2.30. The van der Waals surface area contributed by atoms with Crippen LogP contribution >= 0.6 is 11.6 Å². The molecule has 0 aliphatic heterocycles. The molecule has 122 valence electrons. The molecule has 2 nitrogen and oxygen atoms in total. The summed E-state index contributed by atoms with van der Waals surface area (Å²) in [6.45, 7) is 1.79. The SMILES string of the molecule is CCC(Nc1ccc(Cl)cc1)C(=O)c1cccc(C(F)(F)F)c1. The lowest BCUT2D eigenvalue weighted by Gasteiger charge is -2.18. The summed E-state index contributed by atoms with van der Waals surface area (Å²) in [5.74, 6) is -0.381. The van der Waals surface area contributed by atoms with E-state index in [-0.39, 0.29) is 11.3 Å². The lowest BCUT2D eigenvalue weighted by molar-refractivity contribution is -0.137. The Morgan fingerprint density at radius 2 is 1.83 bits per heavy atom. The normalized spacial score (nSPS) is 12.7. The van der Waals surface area contributed by atoms with Gasteiger partial charge in [0.25, 0.3) is 0 Å². The van der Waals surface area contributed by atoms with E-state index in [1.807, 2.05) is 0 Å². The van der Waals surface area contributed by atoms with Crippen LogP contribution in [0.5, 0.6) is 0 Å². The van der Waals surface area contributed by atoms with Crippen LogP contribution in [0.3, 0.4) is 0 Å². The average Bonchev–Trinajstić information content (AvgIpc) is 2.53. The summed E-state index contributed by atoms with van der Waals surface area (Å²) in [6.07, 6.45) is -4.03. The van der Waals surface area contributed by atoms with Crippen molar-refractivity contribution in [1.29, 1.82) is 0 Å². The molecule has 2 aromatic carbocycles. The first-order valence-electron chi connectivity index (χ1n) is 7.05. The molecular formula is C17H15ClF3NO. The van der Waals surface area contributed by atoms with Crippen LogP contribution < -0.4 is 5.32 Å². The average molecular weight is 342 g/mol. The predicted octanol–water partition coefficient (Wildman–Crippen LogP) is 5.43. The van der Waals surface area contributed by atoms with E-state index in [0.717, 1.165) is 12.1 Å². The van der Waals surface area contributed by atoms with Crippen molar-refractivity contribution < 1.29 is 18.0 Å². The van der Waals surface area contributed by atoms with Crippen LogP contribution in [0.4, 0.5) is 18.9 Å². The van der Waals surface area contributed by atoms with Crippen molar-refractivity contribution in [2.24, 2.45) is 0 Å². The monoisotopic (exact) mass is 341 g/mol. The second-order valence-electron chi connectivity index (χ2n) is 5.05. The van der Waals surface area contributed by atoms with E-state index in [2.05, 4.69) is 5.32 Å². The third-order valence-electron chi connectivity index (χ3n) is 3.38. The zero-order valence-electron chi connectivity index (χ0n) is 12.3. The van der Waals surface area contributed by atoms with E-state index in [0.29, 0.717) is 17.1 Å². The van der Waals surface area contributed by atoms with Crippen LogP contribution in [0.2, 0.25) is 5.02 Å². The molecule has 0 saturated heterocycles. The maximum atomic E-state index is 12.8. The molecular weight excluding hydrogens is 327 g/mol. The molecule has 0 saturated carbocycles. The van der Waals surface area contributed by atoms with Crippen molar-refractivity contribution in [2.75, 3.05) is 5.32 Å². The number of anilines is 1. The van der Waals surface area contributed by atoms with Crippen LogP contribution in [0.25, 0.3) is 0 Å². The Morgan fingerprint density at radius 1 is 1.17 bits per heavy atom. The van der Waals surface area contributed by atoms with Crippen LogP contribution in [0.1, 0.15) is 29.3 Å². The van der Waals surface area contributed by atoms with Crippen molar-refractivity contribution in [3.63, 3.8) is 0 Å². The van der Waals surface area contributed by atoms with Crippen molar-refractivity contribution in [3.05, 3.63) is 64.7 Å². The summed E-state index contributed by atoms with van der Waals surface area (Å²) in [4.78, 5) is 12.5. The van der Waals surface area contributed by atoms with Crippen molar-refractivity contribution >= 4 is 23.1 Å². The molecule has 0 radical (unpaired) electrons. The highest BCUT2D eigenvalue weighted by atomic mass is 35.5. The largest absolute Gasteiger partial charge is 0.416 e. The molecule has 0 aromatic heterocycles. The standard InChI is InChI=1S/C17H15ClF3NO/c1-2-15(22-14-8-6-13(18)7-9-14)16(23)11-4-3-5-12(10-11)17(19,20)21/h3-10,15,22H,2H2,1H3. The molecule has 1 atom stereocenters. The quantitative estimate of drug-likeness (QED) is 0.734. The van der Waals surface area contributed by atoms with Gasteiger partial charge in [-0.1, -0.05) is 30.7 Å². The van der Waals surface area contributed by atoms with E-state index in [1.54, 1.807) is 31.2 Å². The number of rotatable bonds is 5. The van der Waals surface area contributed by atoms with Crippen LogP contribution in [0.15, 0.2) is 48.5 Å². The molecule has 6 heteroatoms. The van der Waals surface area contributed by atoms with Gasteiger partial charge in [-0.3, -0.25) is 4.79 Å². The fraction of sp³-hybridized carbons (Fsp3) is 0.235. The number of alkyl halides is 3. The smallest absolute Gasteiger partial charge is 0.375 e. The van der Waals surface area contributed by atoms with Gasteiger partial charge < -0.3 is 5.32 Å². The molecule has 0 aliphatic rings. The molecule has 0 fully saturated rings. The lowest BCUT2D eigenvalue weighted by Crippen LogP contribution is -2.29. The minimum atomic E-state index is -4.47. The molecule has 1 unspecified atom stereocenters. The van der Waals surface area contributed by atoms with Gasteiger partial charge >= 0.3 is 6.18 Å². The topological polar surface area (TPSA) is 29.1 Å². The minimum absolute atomic E-state index is 0.0353. The number of hydrogen-bond donors (Lipinski definition) is 1. The Hall–Kier alpha value is -2.01. The molecule has 0 amide bonds. The first-order valence-corrected chi connectivity index (χ1v) is 7.42. The van der Waals surface area contributed by atoms with Crippen molar-refractivity contribution in [2.45, 2.75) is 25.6 Å². The second kappa shape index (κ2) is 7.04. The van der Waals surface area contributed by atoms with Gasteiger partial charge in [0.05, 0.1) is 11.6 Å². The summed E-state index contributed by atoms with van der Waals surface area (Å²) in [5, 5.41) is 3.59. The van der Waals surface area contributed by atoms with Crippen LogP contribution in [-0.4, -0.2) is 11.8 Å². The Morgan fingerprint density at radius 3 is 2.39 bits per heavy atom. The summed E-state index contributed by atoms with van der Waals surface area (Å²) >= 11 is 5.80. The van der Waals surface area contributed by atoms with Gasteiger partial charge in [0.2, 0.25) is 0 Å². The Bertz CT molecular complexity index is 683. The summed E-state index contributed by atoms with van der Waals surface area (Å²) in [6, 6.07) is 10.6. The number of halogens is 4. The first kappa shape index (κ1) is 17.3. The Balaban J connectivity index is 2.21. The number of carbonyl (C=O) groups excluding carboxylic acids is 1. The zero-order chi connectivity index (χ0) is 17.0. The number of Topliss-reactive ketones (excluding diaryl/α,β-unsaturated/α-hetero) is 1. The van der Waals surface area contributed by atoms with Gasteiger partial charge in [-0.2, -0.15) is 13.2 Å². The molecule has 2 rings (SSSR count). The molecule has 1 N–H and O–H groups in total. The number of nitrogens with one attached hydrogen (secondary N) is 1. The second-order valence-corrected chi connectivity index (χ2v) is 5.49. The van der Waals surface area contributed by atoms with Gasteiger partial charge in [0.15, 0.2) is 5.78 Å². The summed E-state index contributed by atoms with van der Waals surface area (Å²) in [7, 11) is 0. The van der Waals surface area contributed by atoms with E-state index < -0.39 is 17.8 Å². The van der Waals surface area contributed by atoms with Gasteiger partial charge in [0.1, 0.15) is 0 Å². The number of benzene rings is 2. The minimum Gasteiger partial charge on any atom is -0.375 e. The molecule has 0 spiro atoms. The third-order valence-corrected chi connectivity index (χ3v) is 3.64. The fourth-order valence-electron chi connectivity index (χ4n) is 2.15. The third kappa shape index (κ3) is 4.48. The predicted molar refractivity (Wildman–Crippen MR) is 84.9 cm³/mol. The van der Waals surface area contributed by atoms with E-state index in [9.17, 15) is 18.0 Å². The zero-order valence-corrected chi connectivity index (χ0v) is 13.1. The maximum Gasteiger partial charge on any atom is 0.416 e. The summed E-state index contributed by atoms with van der Waals surface area (Å²) in [5.41, 5.74) is -0.112. The van der Waals surface area contributed by atoms with Crippen molar-refractivity contribution in [1.82, 2.24) is 0 Å². The number of hydrogen-bond acceptors (Lipinski definition) is 2. The summed E-state index contributed by atoms with van der Waals surface area (Å²) < 4.78 is 38.3. The van der Waals surface area contributed by atoms with E-state index in [1.165, 1.54) is 12.1 Å². The highest BCUT2D eigenvalue weighted by Gasteiger charge is 2.31. The molecule has 2 aromatic rings. The molecule has 23 heavy (non-hydrogen) atoms. The highest BCUT2D eigenvalue weighted by molar-refractivity contribution is 6.30. The van der Waals surface area contributed by atoms with Gasteiger partial charge in [-0.15, -0.1) is 0 Å². The Kier molecular flexibility index (Phi) is 5.31. The fourth-order valence-corrected chi connectivity index (χ4v) is 2.28. The number of carbonyl (C=O) groups is 1. The maximum absolute atomic E-state index is 12.8. The van der Waals surface area contributed by atoms with Crippen LogP contribution in [0, 0.1) is 0 Å². The Labute approximate surface area is 137 Å². The molecule has 0 bridgehead atoms. The molecule has 0 heterocycles. The van der Waals surface area contributed by atoms with Crippen LogP contribution in [-0.2, 0) is 6.18 Å². The lowest BCUT2D eigenvalue weighted by atomic mass is 10.00. The van der Waals surface area contributed by atoms with Crippen molar-refractivity contribution in [3.8, 4) is 0 Å². The first-order chi connectivity index (χ1) is 10.8. The van der Waals surface area contributed by atoms with E-state index >= 15 is 0 Å². The van der Waals surface area contributed by atoms with Gasteiger partial charge in [0, 0.05) is 16.3 Å². The van der Waals surface area contributed by atoms with E-state index in [4.69, 9.17) is 11.6 Å². The van der Waals surface area contributed by atoms with Gasteiger partial charge in [-0.25, -0.2) is 0 Å². The molecule has 0 aliphatic carbocycles.